The third-order valence-electron chi connectivity index (χ3n) is 3.76. The summed E-state index contributed by atoms with van der Waals surface area (Å²) in [5.74, 6) is -1.74. The average molecular weight is 354 g/mol. The Bertz CT molecular complexity index is 817. The fraction of sp³-hybridized carbons (Fsp3) is 0.267. The Morgan fingerprint density at radius 1 is 1.35 bits per heavy atom. The number of nitrogens with one attached hydrogen (secondary N) is 1. The van der Waals surface area contributed by atoms with Gasteiger partial charge >= 0.3 is 5.97 Å². The topological polar surface area (TPSA) is 84.2 Å². The molecule has 0 radical (unpaired) electrons. The summed E-state index contributed by atoms with van der Waals surface area (Å²) in [5.41, 5.74) is 1.28. The SMILES string of the molecule is CC1Cc2nn(C(=O)c3ccc(Cl)c(Cl)c3)c(C(=O)O)c2CN1. The molecule has 1 unspecified atom stereocenters. The predicted molar refractivity (Wildman–Crippen MR) is 85.4 cm³/mol. The lowest BCUT2D eigenvalue weighted by atomic mass is 10.0. The van der Waals surface area contributed by atoms with Crippen LogP contribution in [0, 0.1) is 0 Å². The Kier molecular flexibility index (Phi) is 4.14. The van der Waals surface area contributed by atoms with Gasteiger partial charge in [-0.15, -0.1) is 0 Å². The Hall–Kier alpha value is -1.89. The molecule has 0 amide bonds. The second-order valence-corrected chi connectivity index (χ2v) is 6.23. The molecule has 120 valence electrons. The van der Waals surface area contributed by atoms with E-state index in [1.807, 2.05) is 6.92 Å². The standard InChI is InChI=1S/C15H13Cl2N3O3/c1-7-4-12-9(6-18-7)13(15(22)23)20(19-12)14(21)8-2-3-10(16)11(17)5-8/h2-3,5,7,18H,4,6H2,1H3,(H,22,23). The van der Waals surface area contributed by atoms with Crippen molar-refractivity contribution in [3.8, 4) is 0 Å². The fourth-order valence-electron chi connectivity index (χ4n) is 2.60. The van der Waals surface area contributed by atoms with Gasteiger partial charge in [0.25, 0.3) is 5.91 Å². The number of fused-ring (bicyclic) bond motifs is 1. The summed E-state index contributed by atoms with van der Waals surface area (Å²) in [4.78, 5) is 24.3. The first-order valence-electron chi connectivity index (χ1n) is 6.95. The Morgan fingerprint density at radius 2 is 2.09 bits per heavy atom. The van der Waals surface area contributed by atoms with Crippen molar-refractivity contribution in [2.45, 2.75) is 25.9 Å². The third kappa shape index (κ3) is 2.85. The second kappa shape index (κ2) is 5.96. The van der Waals surface area contributed by atoms with E-state index < -0.39 is 11.9 Å². The Labute approximate surface area is 142 Å². The second-order valence-electron chi connectivity index (χ2n) is 5.41. The number of hydrogen-bond acceptors (Lipinski definition) is 4. The highest BCUT2D eigenvalue weighted by atomic mass is 35.5. The first-order valence-corrected chi connectivity index (χ1v) is 7.71. The van der Waals surface area contributed by atoms with Crippen molar-refractivity contribution in [3.05, 3.63) is 50.8 Å². The van der Waals surface area contributed by atoms with Crippen LogP contribution in [0.25, 0.3) is 0 Å². The van der Waals surface area contributed by atoms with Crippen molar-refractivity contribution in [2.24, 2.45) is 0 Å². The number of nitrogens with zero attached hydrogens (tertiary/aromatic N) is 2. The highest BCUT2D eigenvalue weighted by Gasteiger charge is 2.30. The van der Waals surface area contributed by atoms with E-state index in [2.05, 4.69) is 10.4 Å². The maximum absolute atomic E-state index is 12.6. The molecule has 1 aromatic heterocycles. The van der Waals surface area contributed by atoms with Crippen LogP contribution in [0.2, 0.25) is 10.0 Å². The van der Waals surface area contributed by atoms with Gasteiger partial charge in [-0.1, -0.05) is 23.2 Å². The van der Waals surface area contributed by atoms with E-state index in [4.69, 9.17) is 23.2 Å². The van der Waals surface area contributed by atoms with E-state index in [0.717, 1.165) is 4.68 Å². The van der Waals surface area contributed by atoms with E-state index in [1.165, 1.54) is 18.2 Å². The van der Waals surface area contributed by atoms with Gasteiger partial charge in [-0.2, -0.15) is 9.78 Å². The molecule has 1 aliphatic heterocycles. The van der Waals surface area contributed by atoms with Crippen LogP contribution in [-0.4, -0.2) is 32.8 Å². The zero-order valence-electron chi connectivity index (χ0n) is 12.1. The van der Waals surface area contributed by atoms with Crippen LogP contribution in [0.3, 0.4) is 0 Å². The maximum Gasteiger partial charge on any atom is 0.355 e. The number of carbonyl (C=O) groups is 2. The van der Waals surface area contributed by atoms with Crippen LogP contribution in [0.15, 0.2) is 18.2 Å². The van der Waals surface area contributed by atoms with E-state index in [9.17, 15) is 14.7 Å². The molecule has 6 nitrogen and oxygen atoms in total. The number of carboxylic acid groups (broad SMARTS) is 1. The van der Waals surface area contributed by atoms with Crippen LogP contribution in [-0.2, 0) is 13.0 Å². The van der Waals surface area contributed by atoms with Gasteiger partial charge in [0.2, 0.25) is 0 Å². The number of carbonyl (C=O) groups excluding carboxylic acids is 1. The predicted octanol–water partition coefficient (Wildman–Crippen LogP) is 2.61. The number of aromatic nitrogens is 2. The maximum atomic E-state index is 12.6. The normalized spacial score (nSPS) is 16.9. The molecule has 1 aromatic carbocycles. The van der Waals surface area contributed by atoms with Crippen molar-refractivity contribution in [2.75, 3.05) is 0 Å². The zero-order chi connectivity index (χ0) is 16.7. The number of aromatic carboxylic acids is 1. The molecule has 1 atom stereocenters. The molecule has 8 heteroatoms. The van der Waals surface area contributed by atoms with Crippen LogP contribution in [0.4, 0.5) is 0 Å². The van der Waals surface area contributed by atoms with Crippen molar-refractivity contribution in [1.82, 2.24) is 15.1 Å². The highest BCUT2D eigenvalue weighted by molar-refractivity contribution is 6.42. The Balaban J connectivity index is 2.10. The lowest BCUT2D eigenvalue weighted by Gasteiger charge is -2.18. The van der Waals surface area contributed by atoms with Crippen LogP contribution in [0.1, 0.15) is 39.0 Å². The summed E-state index contributed by atoms with van der Waals surface area (Å²) in [6.07, 6.45) is 0.567. The number of hydrogen-bond donors (Lipinski definition) is 2. The largest absolute Gasteiger partial charge is 0.476 e. The van der Waals surface area contributed by atoms with Crippen LogP contribution >= 0.6 is 23.2 Å². The zero-order valence-corrected chi connectivity index (χ0v) is 13.6. The van der Waals surface area contributed by atoms with Gasteiger partial charge in [0.05, 0.1) is 15.7 Å². The summed E-state index contributed by atoms with van der Waals surface area (Å²) < 4.78 is 0.937. The lowest BCUT2D eigenvalue weighted by Crippen LogP contribution is -2.33. The number of rotatable bonds is 2. The van der Waals surface area contributed by atoms with Crippen molar-refractivity contribution in [3.63, 3.8) is 0 Å². The van der Waals surface area contributed by atoms with Gasteiger partial charge < -0.3 is 10.4 Å². The molecule has 2 N–H and O–H groups in total. The van der Waals surface area contributed by atoms with Crippen molar-refractivity contribution < 1.29 is 14.7 Å². The summed E-state index contributed by atoms with van der Waals surface area (Å²) >= 11 is 11.8. The summed E-state index contributed by atoms with van der Waals surface area (Å²) in [5, 5.41) is 17.4. The minimum Gasteiger partial charge on any atom is -0.476 e. The first kappa shape index (κ1) is 16.0. The minimum absolute atomic E-state index is 0.115. The van der Waals surface area contributed by atoms with Gasteiger partial charge in [0, 0.05) is 30.1 Å². The van der Waals surface area contributed by atoms with Gasteiger partial charge in [-0.25, -0.2) is 4.79 Å². The van der Waals surface area contributed by atoms with Gasteiger partial charge in [-0.05, 0) is 25.1 Å². The molecular weight excluding hydrogens is 341 g/mol. The van der Waals surface area contributed by atoms with E-state index in [-0.39, 0.29) is 22.3 Å². The molecule has 3 rings (SSSR count). The molecule has 0 saturated carbocycles. The van der Waals surface area contributed by atoms with Gasteiger partial charge in [0.1, 0.15) is 0 Å². The molecule has 0 aliphatic carbocycles. The van der Waals surface area contributed by atoms with Crippen LogP contribution < -0.4 is 5.32 Å². The number of carboxylic acids is 1. The molecule has 0 fully saturated rings. The van der Waals surface area contributed by atoms with Crippen LogP contribution in [0.5, 0.6) is 0 Å². The number of benzene rings is 1. The lowest BCUT2D eigenvalue weighted by molar-refractivity contribution is 0.0671. The van der Waals surface area contributed by atoms with Gasteiger partial charge in [0.15, 0.2) is 5.69 Å². The smallest absolute Gasteiger partial charge is 0.355 e. The quantitative estimate of drug-likeness (QED) is 0.866. The van der Waals surface area contributed by atoms with E-state index >= 15 is 0 Å². The highest BCUT2D eigenvalue weighted by Crippen LogP contribution is 2.25. The van der Waals surface area contributed by atoms with E-state index in [1.54, 1.807) is 0 Å². The molecular formula is C15H13Cl2N3O3. The molecule has 23 heavy (non-hydrogen) atoms. The van der Waals surface area contributed by atoms with E-state index in [0.29, 0.717) is 29.2 Å². The third-order valence-corrected chi connectivity index (χ3v) is 4.49. The fourth-order valence-corrected chi connectivity index (χ4v) is 2.90. The molecule has 0 saturated heterocycles. The molecule has 2 heterocycles. The molecule has 0 bridgehead atoms. The Morgan fingerprint density at radius 3 is 2.74 bits per heavy atom. The molecule has 2 aromatic rings. The molecule has 1 aliphatic rings. The molecule has 0 spiro atoms. The number of halogens is 2. The monoisotopic (exact) mass is 353 g/mol. The first-order chi connectivity index (χ1) is 10.9. The van der Waals surface area contributed by atoms with Crippen molar-refractivity contribution in [1.29, 1.82) is 0 Å². The average Bonchev–Trinajstić information content (AvgIpc) is 2.87. The van der Waals surface area contributed by atoms with Crippen molar-refractivity contribution >= 4 is 35.1 Å². The minimum atomic E-state index is -1.19. The summed E-state index contributed by atoms with van der Waals surface area (Å²) in [7, 11) is 0. The summed E-state index contributed by atoms with van der Waals surface area (Å²) in [6.45, 7) is 2.34. The summed E-state index contributed by atoms with van der Waals surface area (Å²) in [6, 6.07) is 4.56. The van der Waals surface area contributed by atoms with Gasteiger partial charge in [-0.3, -0.25) is 4.79 Å².